The molecular weight excluding hydrogens is 386 g/mol. The largest absolute Gasteiger partial charge is 0.462 e. The Hall–Kier alpha value is -0.910. The number of aromatic nitrogens is 1. The third-order valence-corrected chi connectivity index (χ3v) is 4.48. The molecule has 2 rings (SSSR count). The number of ether oxygens (including phenoxy) is 1. The molecule has 0 aliphatic rings. The number of halogens is 2. The second-order valence-electron chi connectivity index (χ2n) is 4.09. The minimum absolute atomic E-state index is 0.304. The van der Waals surface area contributed by atoms with E-state index in [1.165, 1.54) is 11.3 Å². The molecule has 0 N–H and O–H groups in total. The van der Waals surface area contributed by atoms with Gasteiger partial charge in [-0.05, 0) is 53.4 Å². The van der Waals surface area contributed by atoms with Crippen LogP contribution in [0.15, 0.2) is 28.2 Å². The monoisotopic (exact) mass is 403 g/mol. The zero-order chi connectivity index (χ0) is 16.5. The number of carbonyl (C=O) groups is 1. The van der Waals surface area contributed by atoms with Gasteiger partial charge in [0.15, 0.2) is 3.92 Å². The molecule has 0 unspecified atom stereocenters. The number of hydrogen-bond acceptors (Lipinski definition) is 4. The van der Waals surface area contributed by atoms with Crippen LogP contribution in [0.25, 0.3) is 0 Å². The Balaban J connectivity index is 0.00000116. The predicted octanol–water partition coefficient (Wildman–Crippen LogP) is 5.55. The van der Waals surface area contributed by atoms with E-state index in [2.05, 4.69) is 20.9 Å². The van der Waals surface area contributed by atoms with Gasteiger partial charge in [0.2, 0.25) is 0 Å². The Morgan fingerprint density at radius 2 is 1.91 bits per heavy atom. The van der Waals surface area contributed by atoms with Crippen molar-refractivity contribution in [3.05, 3.63) is 49.3 Å². The van der Waals surface area contributed by atoms with Crippen LogP contribution < -0.4 is 0 Å². The van der Waals surface area contributed by atoms with E-state index in [1.54, 1.807) is 6.92 Å². The van der Waals surface area contributed by atoms with E-state index in [4.69, 9.17) is 16.3 Å². The Morgan fingerprint density at radius 3 is 2.50 bits per heavy atom. The SMILES string of the molecule is CC.CCOC(=O)c1sc(Br)nc1CCc1ccc(Cl)cc1. The molecule has 0 amide bonds. The molecule has 0 saturated carbocycles. The van der Waals surface area contributed by atoms with Crippen LogP contribution in [-0.2, 0) is 17.6 Å². The molecule has 6 heteroatoms. The van der Waals surface area contributed by atoms with Crippen molar-refractivity contribution in [2.45, 2.75) is 33.6 Å². The lowest BCUT2D eigenvalue weighted by Crippen LogP contribution is -2.06. The molecule has 0 aliphatic carbocycles. The summed E-state index contributed by atoms with van der Waals surface area (Å²) in [6, 6.07) is 7.68. The number of rotatable bonds is 5. The summed E-state index contributed by atoms with van der Waals surface area (Å²) in [6.45, 7) is 6.16. The van der Waals surface area contributed by atoms with E-state index in [-0.39, 0.29) is 5.97 Å². The third kappa shape index (κ3) is 5.71. The van der Waals surface area contributed by atoms with Gasteiger partial charge in [0.25, 0.3) is 0 Å². The van der Waals surface area contributed by atoms with E-state index >= 15 is 0 Å². The van der Waals surface area contributed by atoms with Crippen LogP contribution in [0.1, 0.15) is 41.7 Å². The summed E-state index contributed by atoms with van der Waals surface area (Å²) in [6.07, 6.45) is 1.50. The molecule has 2 aromatic rings. The third-order valence-electron chi connectivity index (χ3n) is 2.70. The van der Waals surface area contributed by atoms with E-state index in [9.17, 15) is 4.79 Å². The van der Waals surface area contributed by atoms with Gasteiger partial charge in [-0.1, -0.05) is 48.9 Å². The van der Waals surface area contributed by atoms with Gasteiger partial charge in [-0.2, -0.15) is 0 Å². The first kappa shape index (κ1) is 19.1. The molecule has 0 aliphatic heterocycles. The summed E-state index contributed by atoms with van der Waals surface area (Å²) in [4.78, 5) is 16.8. The number of nitrogens with zero attached hydrogens (tertiary/aromatic N) is 1. The van der Waals surface area contributed by atoms with Crippen molar-refractivity contribution < 1.29 is 9.53 Å². The van der Waals surface area contributed by atoms with Crippen molar-refractivity contribution in [2.75, 3.05) is 6.61 Å². The highest BCUT2D eigenvalue weighted by Gasteiger charge is 2.18. The molecule has 1 heterocycles. The highest BCUT2D eigenvalue weighted by atomic mass is 79.9. The van der Waals surface area contributed by atoms with Crippen molar-refractivity contribution in [1.82, 2.24) is 4.98 Å². The van der Waals surface area contributed by atoms with Crippen LogP contribution in [0.2, 0.25) is 5.02 Å². The maximum atomic E-state index is 11.8. The van der Waals surface area contributed by atoms with Crippen molar-refractivity contribution in [1.29, 1.82) is 0 Å². The fourth-order valence-electron chi connectivity index (χ4n) is 1.76. The molecule has 22 heavy (non-hydrogen) atoms. The van der Waals surface area contributed by atoms with Gasteiger partial charge in [0.05, 0.1) is 12.3 Å². The van der Waals surface area contributed by atoms with E-state index in [0.717, 1.165) is 22.7 Å². The molecule has 0 saturated heterocycles. The van der Waals surface area contributed by atoms with Crippen molar-refractivity contribution in [2.24, 2.45) is 0 Å². The quantitative estimate of drug-likeness (QED) is 0.613. The minimum Gasteiger partial charge on any atom is -0.462 e. The molecule has 1 aromatic heterocycles. The molecule has 1 aromatic carbocycles. The molecule has 0 fully saturated rings. The Kier molecular flexibility index (Phi) is 8.68. The molecular formula is C16H19BrClNO2S. The average Bonchev–Trinajstić information content (AvgIpc) is 2.90. The van der Waals surface area contributed by atoms with Gasteiger partial charge in [-0.3, -0.25) is 0 Å². The topological polar surface area (TPSA) is 39.2 Å². The highest BCUT2D eigenvalue weighted by Crippen LogP contribution is 2.25. The number of benzene rings is 1. The summed E-state index contributed by atoms with van der Waals surface area (Å²) in [5.74, 6) is -0.304. The summed E-state index contributed by atoms with van der Waals surface area (Å²) in [5.41, 5.74) is 1.93. The molecule has 0 bridgehead atoms. The second-order valence-corrected chi connectivity index (χ2v) is 6.80. The first-order chi connectivity index (χ1) is 10.6. The average molecular weight is 405 g/mol. The van der Waals surface area contributed by atoms with Crippen LogP contribution in [0, 0.1) is 0 Å². The maximum absolute atomic E-state index is 11.8. The lowest BCUT2D eigenvalue weighted by Gasteiger charge is -2.03. The van der Waals surface area contributed by atoms with Gasteiger partial charge in [0.1, 0.15) is 4.88 Å². The Labute approximate surface area is 148 Å². The lowest BCUT2D eigenvalue weighted by atomic mass is 10.1. The summed E-state index contributed by atoms with van der Waals surface area (Å²) in [7, 11) is 0. The zero-order valence-corrected chi connectivity index (χ0v) is 16.0. The van der Waals surface area contributed by atoms with Gasteiger partial charge >= 0.3 is 5.97 Å². The Morgan fingerprint density at radius 1 is 1.27 bits per heavy atom. The fourth-order valence-corrected chi connectivity index (χ4v) is 3.32. The van der Waals surface area contributed by atoms with Crippen LogP contribution in [0.4, 0.5) is 0 Å². The highest BCUT2D eigenvalue weighted by molar-refractivity contribution is 9.11. The molecule has 0 radical (unpaired) electrons. The van der Waals surface area contributed by atoms with Gasteiger partial charge < -0.3 is 4.74 Å². The van der Waals surface area contributed by atoms with Crippen LogP contribution in [0.5, 0.6) is 0 Å². The van der Waals surface area contributed by atoms with Gasteiger partial charge in [-0.15, -0.1) is 0 Å². The maximum Gasteiger partial charge on any atom is 0.350 e. The summed E-state index contributed by atoms with van der Waals surface area (Å²) in [5, 5.41) is 0.720. The number of carbonyl (C=O) groups excluding carboxylic acids is 1. The van der Waals surface area contributed by atoms with Crippen molar-refractivity contribution in [3.8, 4) is 0 Å². The van der Waals surface area contributed by atoms with E-state index < -0.39 is 0 Å². The first-order valence-electron chi connectivity index (χ1n) is 7.17. The minimum atomic E-state index is -0.304. The van der Waals surface area contributed by atoms with Crippen molar-refractivity contribution in [3.63, 3.8) is 0 Å². The van der Waals surface area contributed by atoms with Gasteiger partial charge in [0, 0.05) is 5.02 Å². The number of esters is 1. The lowest BCUT2D eigenvalue weighted by molar-refractivity contribution is 0.0530. The number of aryl methyl sites for hydroxylation is 2. The van der Waals surface area contributed by atoms with E-state index in [1.807, 2.05) is 38.1 Å². The zero-order valence-electron chi connectivity index (χ0n) is 12.9. The van der Waals surface area contributed by atoms with Crippen molar-refractivity contribution >= 4 is 44.8 Å². The molecule has 0 atom stereocenters. The molecule has 120 valence electrons. The van der Waals surface area contributed by atoms with Crippen LogP contribution in [-0.4, -0.2) is 17.6 Å². The molecule has 3 nitrogen and oxygen atoms in total. The molecule has 0 spiro atoms. The fraction of sp³-hybridized carbons (Fsp3) is 0.375. The van der Waals surface area contributed by atoms with Gasteiger partial charge in [-0.25, -0.2) is 9.78 Å². The number of thiazole rings is 1. The normalized spacial score (nSPS) is 9.86. The Bertz CT molecular complexity index is 599. The summed E-state index contributed by atoms with van der Waals surface area (Å²) >= 11 is 10.5. The van der Waals surface area contributed by atoms with Crippen LogP contribution in [0.3, 0.4) is 0 Å². The summed E-state index contributed by atoms with van der Waals surface area (Å²) < 4.78 is 5.74. The predicted molar refractivity (Wildman–Crippen MR) is 96.0 cm³/mol. The number of hydrogen-bond donors (Lipinski definition) is 0. The standard InChI is InChI=1S/C14H13BrClNO2S.C2H6/c1-2-19-13(18)12-11(17-14(15)20-12)8-5-9-3-6-10(16)7-4-9;1-2/h3-4,6-7H,2,5,8H2,1H3;1-2H3. The van der Waals surface area contributed by atoms with Crippen LogP contribution >= 0.6 is 38.9 Å². The first-order valence-corrected chi connectivity index (χ1v) is 9.15. The smallest absolute Gasteiger partial charge is 0.350 e. The van der Waals surface area contributed by atoms with E-state index in [0.29, 0.717) is 21.8 Å². The second kappa shape index (κ2) is 9.98.